The topological polar surface area (TPSA) is 48.9 Å². The first-order valence-corrected chi connectivity index (χ1v) is 10.7. The van der Waals surface area contributed by atoms with Crippen LogP contribution in [0.15, 0.2) is 29.3 Å². The molecular weight excluding hydrogens is 355 g/mol. The number of benzene rings is 1. The third-order valence-corrected chi connectivity index (χ3v) is 6.59. The lowest BCUT2D eigenvalue weighted by Crippen LogP contribution is -2.50. The van der Waals surface area contributed by atoms with Gasteiger partial charge in [0.05, 0.1) is 6.61 Å². The molecule has 1 aromatic rings. The zero-order chi connectivity index (χ0) is 19.4. The van der Waals surface area contributed by atoms with Gasteiger partial charge in [-0.3, -0.25) is 4.99 Å². The summed E-state index contributed by atoms with van der Waals surface area (Å²) in [6, 6.07) is 7.62. The van der Waals surface area contributed by atoms with E-state index in [0.717, 1.165) is 70.1 Å². The standard InChI is InChI=1S/C22H33FN4O/c1-24-21(25-16-22(9-10-22)19-4-2-3-5-20(19)23)26-18-6-11-27(12-7-18)14-17-8-13-28-15-17/h2-5,17-18H,6-16H2,1H3,(H2,24,25,26). The molecule has 0 spiro atoms. The number of nitrogens with one attached hydrogen (secondary N) is 2. The number of likely N-dealkylation sites (tertiary alicyclic amines) is 1. The summed E-state index contributed by atoms with van der Waals surface area (Å²) < 4.78 is 19.7. The summed E-state index contributed by atoms with van der Waals surface area (Å²) in [5, 5.41) is 7.04. The predicted octanol–water partition coefficient (Wildman–Crippen LogP) is 2.52. The Labute approximate surface area is 167 Å². The van der Waals surface area contributed by atoms with Gasteiger partial charge in [0, 0.05) is 51.3 Å². The molecule has 2 N–H and O–H groups in total. The monoisotopic (exact) mass is 388 g/mol. The maximum absolute atomic E-state index is 14.2. The van der Waals surface area contributed by atoms with E-state index in [1.54, 1.807) is 12.1 Å². The van der Waals surface area contributed by atoms with Gasteiger partial charge in [-0.1, -0.05) is 18.2 Å². The molecule has 3 aliphatic rings. The summed E-state index contributed by atoms with van der Waals surface area (Å²) >= 11 is 0. The minimum Gasteiger partial charge on any atom is -0.381 e. The zero-order valence-corrected chi connectivity index (χ0v) is 16.9. The van der Waals surface area contributed by atoms with Crippen LogP contribution in [-0.2, 0) is 10.2 Å². The molecule has 6 heteroatoms. The van der Waals surface area contributed by atoms with Crippen molar-refractivity contribution >= 4 is 5.96 Å². The van der Waals surface area contributed by atoms with Gasteiger partial charge in [0.15, 0.2) is 5.96 Å². The molecule has 0 aromatic heterocycles. The van der Waals surface area contributed by atoms with Gasteiger partial charge in [-0.2, -0.15) is 0 Å². The molecule has 28 heavy (non-hydrogen) atoms. The molecule has 0 bridgehead atoms. The fourth-order valence-electron chi connectivity index (χ4n) is 4.58. The van der Waals surface area contributed by atoms with Gasteiger partial charge in [0.25, 0.3) is 0 Å². The largest absolute Gasteiger partial charge is 0.381 e. The van der Waals surface area contributed by atoms with E-state index in [4.69, 9.17) is 4.74 Å². The van der Waals surface area contributed by atoms with Crippen LogP contribution < -0.4 is 10.6 Å². The van der Waals surface area contributed by atoms with E-state index in [2.05, 4.69) is 20.5 Å². The Bertz CT molecular complexity index is 677. The van der Waals surface area contributed by atoms with Crippen molar-refractivity contribution in [3.8, 4) is 0 Å². The van der Waals surface area contributed by atoms with Crippen LogP contribution in [0.5, 0.6) is 0 Å². The highest BCUT2D eigenvalue weighted by Crippen LogP contribution is 2.48. The fraction of sp³-hybridized carbons (Fsp3) is 0.682. The second-order valence-electron chi connectivity index (χ2n) is 8.63. The number of halogens is 1. The van der Waals surface area contributed by atoms with Gasteiger partial charge in [-0.15, -0.1) is 0 Å². The summed E-state index contributed by atoms with van der Waals surface area (Å²) in [7, 11) is 1.81. The van der Waals surface area contributed by atoms with E-state index in [1.165, 1.54) is 13.0 Å². The Morgan fingerprint density at radius 3 is 2.68 bits per heavy atom. The first-order chi connectivity index (χ1) is 13.7. The number of guanidine groups is 1. The number of nitrogens with zero attached hydrogens (tertiary/aromatic N) is 2. The van der Waals surface area contributed by atoms with Gasteiger partial charge in [-0.05, 0) is 49.7 Å². The number of aliphatic imine (C=N–C) groups is 1. The Hall–Kier alpha value is -1.66. The summed E-state index contributed by atoms with van der Waals surface area (Å²) in [5.74, 6) is 1.46. The van der Waals surface area contributed by atoms with Crippen LogP contribution in [0.1, 0.15) is 37.7 Å². The molecule has 3 fully saturated rings. The van der Waals surface area contributed by atoms with Crippen LogP contribution in [0.25, 0.3) is 0 Å². The quantitative estimate of drug-likeness (QED) is 0.581. The number of rotatable bonds is 6. The van der Waals surface area contributed by atoms with Gasteiger partial charge in [0.1, 0.15) is 5.82 Å². The molecule has 2 saturated heterocycles. The Morgan fingerprint density at radius 2 is 2.04 bits per heavy atom. The lowest BCUT2D eigenvalue weighted by atomic mass is 9.95. The predicted molar refractivity (Wildman–Crippen MR) is 110 cm³/mol. The maximum atomic E-state index is 14.2. The molecule has 154 valence electrons. The van der Waals surface area contributed by atoms with Gasteiger partial charge < -0.3 is 20.3 Å². The Balaban J connectivity index is 1.23. The first-order valence-electron chi connectivity index (χ1n) is 10.7. The molecule has 4 rings (SSSR count). The minimum atomic E-state index is -0.0928. The van der Waals surface area contributed by atoms with Crippen molar-refractivity contribution in [1.29, 1.82) is 0 Å². The molecule has 5 nitrogen and oxygen atoms in total. The van der Waals surface area contributed by atoms with E-state index in [1.807, 2.05) is 19.2 Å². The van der Waals surface area contributed by atoms with Crippen LogP contribution in [0.2, 0.25) is 0 Å². The van der Waals surface area contributed by atoms with Crippen molar-refractivity contribution in [3.05, 3.63) is 35.6 Å². The highest BCUT2D eigenvalue weighted by atomic mass is 19.1. The molecule has 0 radical (unpaired) electrons. The highest BCUT2D eigenvalue weighted by Gasteiger charge is 2.45. The number of hydrogen-bond acceptors (Lipinski definition) is 3. The smallest absolute Gasteiger partial charge is 0.191 e. The van der Waals surface area contributed by atoms with E-state index in [-0.39, 0.29) is 11.2 Å². The highest BCUT2D eigenvalue weighted by molar-refractivity contribution is 5.80. The summed E-state index contributed by atoms with van der Waals surface area (Å²) in [6.07, 6.45) is 5.53. The van der Waals surface area contributed by atoms with E-state index in [9.17, 15) is 4.39 Å². The van der Waals surface area contributed by atoms with Crippen molar-refractivity contribution in [2.24, 2.45) is 10.9 Å². The lowest BCUT2D eigenvalue weighted by Gasteiger charge is -2.34. The summed E-state index contributed by atoms with van der Waals surface area (Å²) in [6.45, 7) is 6.02. The fourth-order valence-corrected chi connectivity index (χ4v) is 4.58. The van der Waals surface area contributed by atoms with Crippen LogP contribution in [0.3, 0.4) is 0 Å². The van der Waals surface area contributed by atoms with Crippen LogP contribution >= 0.6 is 0 Å². The molecule has 1 aromatic carbocycles. The zero-order valence-electron chi connectivity index (χ0n) is 16.9. The SMILES string of the molecule is CN=C(NCC1(c2ccccc2F)CC1)NC1CCN(CC2CCOC2)CC1. The van der Waals surface area contributed by atoms with E-state index < -0.39 is 0 Å². The normalized spacial score (nSPS) is 25.6. The average molecular weight is 389 g/mol. The van der Waals surface area contributed by atoms with Gasteiger partial charge in [0.2, 0.25) is 0 Å². The molecule has 0 amide bonds. The van der Waals surface area contributed by atoms with Crippen LogP contribution in [-0.4, -0.2) is 63.3 Å². The maximum Gasteiger partial charge on any atom is 0.191 e. The van der Waals surface area contributed by atoms with Gasteiger partial charge in [-0.25, -0.2) is 4.39 Å². The molecule has 1 saturated carbocycles. The molecule has 1 aliphatic carbocycles. The molecule has 2 aliphatic heterocycles. The summed E-state index contributed by atoms with van der Waals surface area (Å²) in [4.78, 5) is 6.98. The second-order valence-corrected chi connectivity index (χ2v) is 8.63. The molecule has 1 atom stereocenters. The van der Waals surface area contributed by atoms with Crippen molar-refractivity contribution in [2.75, 3.05) is 46.4 Å². The number of ether oxygens (including phenoxy) is 1. The van der Waals surface area contributed by atoms with Crippen LogP contribution in [0.4, 0.5) is 4.39 Å². The number of hydrogen-bond donors (Lipinski definition) is 2. The lowest BCUT2D eigenvalue weighted by molar-refractivity contribution is 0.150. The molecule has 2 heterocycles. The van der Waals surface area contributed by atoms with Crippen molar-refractivity contribution in [3.63, 3.8) is 0 Å². The van der Waals surface area contributed by atoms with Crippen molar-refractivity contribution in [2.45, 2.75) is 43.6 Å². The van der Waals surface area contributed by atoms with Crippen LogP contribution in [0, 0.1) is 11.7 Å². The van der Waals surface area contributed by atoms with Crippen molar-refractivity contribution < 1.29 is 9.13 Å². The second kappa shape index (κ2) is 8.78. The Kier molecular flexibility index (Phi) is 6.16. The summed E-state index contributed by atoms with van der Waals surface area (Å²) in [5.41, 5.74) is 0.762. The molecule has 1 unspecified atom stereocenters. The van der Waals surface area contributed by atoms with E-state index in [0.29, 0.717) is 12.0 Å². The van der Waals surface area contributed by atoms with E-state index >= 15 is 0 Å². The third-order valence-electron chi connectivity index (χ3n) is 6.59. The Morgan fingerprint density at radius 1 is 1.25 bits per heavy atom. The molecular formula is C22H33FN4O. The van der Waals surface area contributed by atoms with Gasteiger partial charge >= 0.3 is 0 Å². The van der Waals surface area contributed by atoms with Crippen molar-refractivity contribution in [1.82, 2.24) is 15.5 Å². The third kappa shape index (κ3) is 4.66. The minimum absolute atomic E-state index is 0.0737. The number of piperidine rings is 1. The average Bonchev–Trinajstić information content (AvgIpc) is 3.33. The first kappa shape index (κ1) is 19.6.